The summed E-state index contributed by atoms with van der Waals surface area (Å²) in [4.78, 5) is 0. The van der Waals surface area contributed by atoms with Gasteiger partial charge in [-0.3, -0.25) is 0 Å². The summed E-state index contributed by atoms with van der Waals surface area (Å²) in [6, 6.07) is 5.67. The van der Waals surface area contributed by atoms with Gasteiger partial charge >= 0.3 is 0 Å². The first kappa shape index (κ1) is 13.2. The van der Waals surface area contributed by atoms with Crippen LogP contribution in [0.25, 0.3) is 0 Å². The molecule has 1 aliphatic carbocycles. The summed E-state index contributed by atoms with van der Waals surface area (Å²) in [6.45, 7) is 4.28. The van der Waals surface area contributed by atoms with E-state index in [0.29, 0.717) is 10.9 Å². The first-order valence-corrected chi connectivity index (χ1v) is 6.93. The molecule has 0 aromatic heterocycles. The lowest BCUT2D eigenvalue weighted by Gasteiger charge is -2.54. The van der Waals surface area contributed by atoms with Crippen LogP contribution in [0.2, 0.25) is 10.0 Å². The lowest BCUT2D eigenvalue weighted by Crippen LogP contribution is -2.51. The summed E-state index contributed by atoms with van der Waals surface area (Å²) in [5, 5.41) is 11.5. The molecule has 17 heavy (non-hydrogen) atoms. The van der Waals surface area contributed by atoms with Crippen LogP contribution in [-0.4, -0.2) is 11.2 Å². The molecule has 1 fully saturated rings. The molecule has 2 unspecified atom stereocenters. The second-order valence-corrected chi connectivity index (χ2v) is 5.75. The highest BCUT2D eigenvalue weighted by atomic mass is 35.5. The van der Waals surface area contributed by atoms with E-state index in [1.165, 1.54) is 0 Å². The molecule has 0 amide bonds. The van der Waals surface area contributed by atoms with E-state index in [1.54, 1.807) is 6.07 Å². The molecule has 0 radical (unpaired) electrons. The van der Waals surface area contributed by atoms with Gasteiger partial charge in [0, 0.05) is 15.5 Å². The number of aliphatic hydroxyl groups excluding tert-OH is 1. The van der Waals surface area contributed by atoms with Crippen LogP contribution in [-0.2, 0) is 0 Å². The van der Waals surface area contributed by atoms with E-state index in [1.807, 2.05) is 12.1 Å². The standard InChI is InChI=1S/C14H18Cl2O/c1-3-14(4-2)11(8-13(14)17)10-6-5-9(15)7-12(10)16/h5-7,11,13,17H,3-4,8H2,1-2H3. The molecule has 0 heterocycles. The summed E-state index contributed by atoms with van der Waals surface area (Å²) < 4.78 is 0. The van der Waals surface area contributed by atoms with Gasteiger partial charge in [-0.25, -0.2) is 0 Å². The normalized spacial score (nSPS) is 26.6. The third-order valence-electron chi connectivity index (χ3n) is 4.47. The Kier molecular flexibility index (Phi) is 3.72. The van der Waals surface area contributed by atoms with Crippen molar-refractivity contribution >= 4 is 23.2 Å². The molecule has 1 nitrogen and oxygen atoms in total. The first-order chi connectivity index (χ1) is 8.05. The van der Waals surface area contributed by atoms with Crippen LogP contribution in [0, 0.1) is 5.41 Å². The minimum atomic E-state index is -0.200. The van der Waals surface area contributed by atoms with Gasteiger partial charge in [-0.15, -0.1) is 0 Å². The molecule has 2 rings (SSSR count). The SMILES string of the molecule is CCC1(CC)C(O)CC1c1ccc(Cl)cc1Cl. The molecule has 0 aliphatic heterocycles. The van der Waals surface area contributed by atoms with E-state index < -0.39 is 0 Å². The molecule has 3 heteroatoms. The van der Waals surface area contributed by atoms with Gasteiger partial charge in [0.15, 0.2) is 0 Å². The minimum Gasteiger partial charge on any atom is -0.393 e. The summed E-state index contributed by atoms with van der Waals surface area (Å²) in [5.74, 6) is 0.359. The molecule has 1 aromatic rings. The van der Waals surface area contributed by atoms with Gasteiger partial charge in [-0.05, 0) is 42.9 Å². The van der Waals surface area contributed by atoms with Crippen molar-refractivity contribution in [3.05, 3.63) is 33.8 Å². The molecular weight excluding hydrogens is 255 g/mol. The third kappa shape index (κ3) is 1.99. The van der Waals surface area contributed by atoms with Crippen molar-refractivity contribution in [2.45, 2.75) is 45.1 Å². The molecule has 94 valence electrons. The van der Waals surface area contributed by atoms with E-state index in [0.717, 1.165) is 29.8 Å². The molecule has 1 saturated carbocycles. The second-order valence-electron chi connectivity index (χ2n) is 4.91. The van der Waals surface area contributed by atoms with Gasteiger partial charge in [-0.1, -0.05) is 43.1 Å². The van der Waals surface area contributed by atoms with Crippen molar-refractivity contribution < 1.29 is 5.11 Å². The van der Waals surface area contributed by atoms with Gasteiger partial charge < -0.3 is 5.11 Å². The predicted octanol–water partition coefficient (Wildman–Crippen LogP) is 4.65. The van der Waals surface area contributed by atoms with Gasteiger partial charge in [0.2, 0.25) is 0 Å². The van der Waals surface area contributed by atoms with Crippen LogP contribution in [0.1, 0.15) is 44.6 Å². The van der Waals surface area contributed by atoms with E-state index >= 15 is 0 Å². The van der Waals surface area contributed by atoms with Crippen molar-refractivity contribution in [1.82, 2.24) is 0 Å². The fourth-order valence-electron chi connectivity index (χ4n) is 3.20. The summed E-state index contributed by atoms with van der Waals surface area (Å²) in [6.07, 6.45) is 2.57. The summed E-state index contributed by atoms with van der Waals surface area (Å²) in [7, 11) is 0. The average Bonchev–Trinajstić information content (AvgIpc) is 2.29. The van der Waals surface area contributed by atoms with Gasteiger partial charge in [0.25, 0.3) is 0 Å². The van der Waals surface area contributed by atoms with Gasteiger partial charge in [0.05, 0.1) is 6.10 Å². The minimum absolute atomic E-state index is 0.00251. The van der Waals surface area contributed by atoms with E-state index in [9.17, 15) is 5.11 Å². The highest BCUT2D eigenvalue weighted by Crippen LogP contribution is 2.58. The Balaban J connectivity index is 2.35. The first-order valence-electron chi connectivity index (χ1n) is 6.18. The van der Waals surface area contributed by atoms with Crippen molar-refractivity contribution in [1.29, 1.82) is 0 Å². The summed E-state index contributed by atoms with van der Waals surface area (Å²) >= 11 is 12.2. The van der Waals surface area contributed by atoms with Crippen LogP contribution in [0.5, 0.6) is 0 Å². The topological polar surface area (TPSA) is 20.2 Å². The maximum atomic E-state index is 10.1. The van der Waals surface area contributed by atoms with E-state index in [2.05, 4.69) is 13.8 Å². The van der Waals surface area contributed by atoms with Crippen LogP contribution in [0.3, 0.4) is 0 Å². The van der Waals surface area contributed by atoms with E-state index in [-0.39, 0.29) is 11.5 Å². The molecule has 1 aliphatic rings. The molecule has 0 spiro atoms. The fourth-order valence-corrected chi connectivity index (χ4v) is 3.74. The maximum absolute atomic E-state index is 10.1. The monoisotopic (exact) mass is 272 g/mol. The van der Waals surface area contributed by atoms with Crippen molar-refractivity contribution in [2.75, 3.05) is 0 Å². The quantitative estimate of drug-likeness (QED) is 0.850. The Hall–Kier alpha value is -0.240. The smallest absolute Gasteiger partial charge is 0.0608 e. The maximum Gasteiger partial charge on any atom is 0.0608 e. The summed E-state index contributed by atoms with van der Waals surface area (Å²) in [5.41, 5.74) is 1.13. The molecular formula is C14H18Cl2O. The molecule has 2 atom stereocenters. The zero-order valence-corrected chi connectivity index (χ0v) is 11.7. The lowest BCUT2D eigenvalue weighted by atomic mass is 9.53. The highest BCUT2D eigenvalue weighted by Gasteiger charge is 2.52. The Labute approximate surface area is 113 Å². The van der Waals surface area contributed by atoms with Gasteiger partial charge in [-0.2, -0.15) is 0 Å². The highest BCUT2D eigenvalue weighted by molar-refractivity contribution is 6.35. The molecule has 0 bridgehead atoms. The number of rotatable bonds is 3. The number of hydrogen-bond donors (Lipinski definition) is 1. The molecule has 0 saturated heterocycles. The number of benzene rings is 1. The number of hydrogen-bond acceptors (Lipinski definition) is 1. The van der Waals surface area contributed by atoms with Crippen LogP contribution in [0.15, 0.2) is 18.2 Å². The Bertz CT molecular complexity index is 413. The van der Waals surface area contributed by atoms with Crippen molar-refractivity contribution in [3.8, 4) is 0 Å². The molecule has 1 N–H and O–H groups in total. The second kappa shape index (κ2) is 4.79. The average molecular weight is 273 g/mol. The van der Waals surface area contributed by atoms with Crippen LogP contribution >= 0.6 is 23.2 Å². The van der Waals surface area contributed by atoms with Crippen LogP contribution < -0.4 is 0 Å². The zero-order valence-electron chi connectivity index (χ0n) is 10.2. The largest absolute Gasteiger partial charge is 0.393 e. The van der Waals surface area contributed by atoms with E-state index in [4.69, 9.17) is 23.2 Å². The Morgan fingerprint density at radius 1 is 1.29 bits per heavy atom. The fraction of sp³-hybridized carbons (Fsp3) is 0.571. The Morgan fingerprint density at radius 2 is 1.94 bits per heavy atom. The number of aliphatic hydroxyl groups is 1. The lowest BCUT2D eigenvalue weighted by molar-refractivity contribution is -0.0931. The zero-order chi connectivity index (χ0) is 12.6. The predicted molar refractivity (Wildman–Crippen MR) is 72.8 cm³/mol. The number of halogens is 2. The van der Waals surface area contributed by atoms with Crippen molar-refractivity contribution in [2.24, 2.45) is 5.41 Å². The van der Waals surface area contributed by atoms with Gasteiger partial charge in [0.1, 0.15) is 0 Å². The van der Waals surface area contributed by atoms with Crippen molar-refractivity contribution in [3.63, 3.8) is 0 Å². The van der Waals surface area contributed by atoms with Crippen LogP contribution in [0.4, 0.5) is 0 Å². The third-order valence-corrected chi connectivity index (χ3v) is 5.03. The molecule has 1 aromatic carbocycles. The Morgan fingerprint density at radius 3 is 2.41 bits per heavy atom.